The van der Waals surface area contributed by atoms with Crippen molar-refractivity contribution < 1.29 is 9.53 Å². The summed E-state index contributed by atoms with van der Waals surface area (Å²) >= 11 is 0. The number of nitrogens with one attached hydrogen (secondary N) is 1. The number of carbonyl (C=O) groups is 1. The van der Waals surface area contributed by atoms with Crippen LogP contribution in [0.4, 0.5) is 0 Å². The molecule has 1 amide bonds. The minimum Gasteiger partial charge on any atom is -0.477 e. The quantitative estimate of drug-likeness (QED) is 0.697. The monoisotopic (exact) mass is 403 g/mol. The zero-order valence-corrected chi connectivity index (χ0v) is 17.4. The highest BCUT2D eigenvalue weighted by atomic mass is 16.5. The molecule has 30 heavy (non-hydrogen) atoms. The Morgan fingerprint density at radius 1 is 1.20 bits per heavy atom. The molecule has 7 heteroatoms. The summed E-state index contributed by atoms with van der Waals surface area (Å²) in [6, 6.07) is 7.07. The molecule has 154 valence electrons. The van der Waals surface area contributed by atoms with Gasteiger partial charge >= 0.3 is 0 Å². The molecule has 1 aliphatic carbocycles. The molecule has 0 bridgehead atoms. The van der Waals surface area contributed by atoms with Crippen molar-refractivity contribution in [2.45, 2.75) is 39.7 Å². The van der Waals surface area contributed by atoms with Gasteiger partial charge in [-0.2, -0.15) is 0 Å². The molecule has 3 heterocycles. The van der Waals surface area contributed by atoms with E-state index in [1.165, 1.54) is 0 Å². The summed E-state index contributed by atoms with van der Waals surface area (Å²) in [5.41, 5.74) is 3.27. The van der Waals surface area contributed by atoms with Crippen LogP contribution in [0.2, 0.25) is 0 Å². The normalized spacial score (nSPS) is 17.1. The molecule has 3 aromatic rings. The van der Waals surface area contributed by atoms with Gasteiger partial charge in [-0.05, 0) is 49.4 Å². The van der Waals surface area contributed by atoms with E-state index >= 15 is 0 Å². The Hall–Kier alpha value is -3.35. The summed E-state index contributed by atoms with van der Waals surface area (Å²) in [6.45, 7) is 6.70. The van der Waals surface area contributed by atoms with Gasteiger partial charge in [-0.1, -0.05) is 13.8 Å². The smallest absolute Gasteiger partial charge is 0.257 e. The Morgan fingerprint density at radius 2 is 2.00 bits per heavy atom. The van der Waals surface area contributed by atoms with Crippen LogP contribution in [0.5, 0.6) is 5.88 Å². The Morgan fingerprint density at radius 3 is 2.77 bits per heavy atom. The molecule has 1 N–H and O–H groups in total. The van der Waals surface area contributed by atoms with Crippen LogP contribution in [0.1, 0.15) is 54.8 Å². The standard InChI is InChI=1S/C23H25N5O2/c1-4-30-22-16(6-5-9-25-22)21(29)28-19-13-23(2,3)12-18-17(19)14-26-20(27-18)15-7-10-24-11-8-15/h5-11,14,19H,4,12-13H2,1-3H3,(H,28,29). The molecule has 0 aliphatic heterocycles. The molecule has 3 aromatic heterocycles. The van der Waals surface area contributed by atoms with E-state index in [-0.39, 0.29) is 17.4 Å². The second-order valence-electron chi connectivity index (χ2n) is 8.19. The molecule has 1 aliphatic rings. The van der Waals surface area contributed by atoms with E-state index in [2.05, 4.69) is 34.1 Å². The van der Waals surface area contributed by atoms with Crippen LogP contribution in [-0.2, 0) is 6.42 Å². The molecule has 0 aromatic carbocycles. The molecule has 4 rings (SSSR count). The highest BCUT2D eigenvalue weighted by molar-refractivity contribution is 5.96. The number of nitrogens with zero attached hydrogens (tertiary/aromatic N) is 4. The summed E-state index contributed by atoms with van der Waals surface area (Å²) in [7, 11) is 0. The molecule has 1 unspecified atom stereocenters. The number of rotatable bonds is 5. The van der Waals surface area contributed by atoms with Gasteiger partial charge in [-0.15, -0.1) is 0 Å². The number of pyridine rings is 2. The third kappa shape index (κ3) is 4.15. The summed E-state index contributed by atoms with van der Waals surface area (Å²) < 4.78 is 5.52. The van der Waals surface area contributed by atoms with Gasteiger partial charge in [0.1, 0.15) is 5.56 Å². The van der Waals surface area contributed by atoms with E-state index < -0.39 is 0 Å². The second-order valence-corrected chi connectivity index (χ2v) is 8.19. The zero-order chi connectivity index (χ0) is 21.1. The number of hydrogen-bond donors (Lipinski definition) is 1. The van der Waals surface area contributed by atoms with Crippen LogP contribution in [0, 0.1) is 5.41 Å². The number of fused-ring (bicyclic) bond motifs is 1. The lowest BCUT2D eigenvalue weighted by molar-refractivity contribution is 0.0914. The highest BCUT2D eigenvalue weighted by Gasteiger charge is 2.35. The fourth-order valence-corrected chi connectivity index (χ4v) is 3.87. The van der Waals surface area contributed by atoms with Gasteiger partial charge in [-0.25, -0.2) is 15.0 Å². The molecule has 0 saturated heterocycles. The minimum absolute atomic E-state index is 0.00744. The van der Waals surface area contributed by atoms with Crippen LogP contribution in [-0.4, -0.2) is 32.4 Å². The number of hydrogen-bond acceptors (Lipinski definition) is 6. The van der Waals surface area contributed by atoms with Crippen molar-refractivity contribution in [3.05, 3.63) is 65.9 Å². The molecule has 0 saturated carbocycles. The summed E-state index contributed by atoms with van der Waals surface area (Å²) in [6.07, 6.45) is 8.55. The van der Waals surface area contributed by atoms with E-state index in [4.69, 9.17) is 9.72 Å². The van der Waals surface area contributed by atoms with E-state index in [9.17, 15) is 4.79 Å². The summed E-state index contributed by atoms with van der Waals surface area (Å²) in [5, 5.41) is 3.16. The molecular formula is C23H25N5O2. The van der Waals surface area contributed by atoms with Crippen LogP contribution in [0.3, 0.4) is 0 Å². The lowest BCUT2D eigenvalue weighted by atomic mass is 9.74. The maximum atomic E-state index is 13.0. The molecule has 0 radical (unpaired) electrons. The third-order valence-corrected chi connectivity index (χ3v) is 5.22. The van der Waals surface area contributed by atoms with Gasteiger partial charge in [0, 0.05) is 35.9 Å². The average Bonchev–Trinajstić information content (AvgIpc) is 2.73. The van der Waals surface area contributed by atoms with Crippen molar-refractivity contribution in [1.82, 2.24) is 25.3 Å². The van der Waals surface area contributed by atoms with Gasteiger partial charge in [0.15, 0.2) is 5.82 Å². The lowest BCUT2D eigenvalue weighted by Gasteiger charge is -2.36. The maximum absolute atomic E-state index is 13.0. The maximum Gasteiger partial charge on any atom is 0.257 e. The molecule has 0 spiro atoms. The largest absolute Gasteiger partial charge is 0.477 e. The number of amides is 1. The van der Waals surface area contributed by atoms with Crippen molar-refractivity contribution in [1.29, 1.82) is 0 Å². The topological polar surface area (TPSA) is 89.9 Å². The SMILES string of the molecule is CCOc1ncccc1C(=O)NC1CC(C)(C)Cc2nc(-c3ccncc3)ncc21. The van der Waals surface area contributed by atoms with Gasteiger partial charge in [0.25, 0.3) is 5.91 Å². The molecule has 1 atom stereocenters. The van der Waals surface area contributed by atoms with Crippen LogP contribution in [0.15, 0.2) is 49.1 Å². The summed E-state index contributed by atoms with van der Waals surface area (Å²) in [5.74, 6) is 0.806. The minimum atomic E-state index is -0.210. The lowest BCUT2D eigenvalue weighted by Crippen LogP contribution is -2.37. The highest BCUT2D eigenvalue weighted by Crippen LogP contribution is 2.40. The second kappa shape index (κ2) is 8.18. The van der Waals surface area contributed by atoms with Crippen molar-refractivity contribution in [3.8, 4) is 17.3 Å². The number of carbonyl (C=O) groups excluding carboxylic acids is 1. The average molecular weight is 403 g/mol. The molecule has 7 nitrogen and oxygen atoms in total. The van der Waals surface area contributed by atoms with E-state index in [1.807, 2.05) is 25.3 Å². The predicted octanol–water partition coefficient (Wildman–Crippen LogP) is 3.78. The van der Waals surface area contributed by atoms with Crippen LogP contribution >= 0.6 is 0 Å². The van der Waals surface area contributed by atoms with E-state index in [0.29, 0.717) is 23.9 Å². The van der Waals surface area contributed by atoms with Crippen LogP contribution < -0.4 is 10.1 Å². The first-order valence-corrected chi connectivity index (χ1v) is 10.1. The number of aromatic nitrogens is 4. The van der Waals surface area contributed by atoms with Crippen LogP contribution in [0.25, 0.3) is 11.4 Å². The van der Waals surface area contributed by atoms with Gasteiger partial charge < -0.3 is 10.1 Å². The third-order valence-electron chi connectivity index (χ3n) is 5.22. The van der Waals surface area contributed by atoms with Crippen molar-refractivity contribution in [2.24, 2.45) is 5.41 Å². The van der Waals surface area contributed by atoms with Crippen molar-refractivity contribution in [3.63, 3.8) is 0 Å². The Kier molecular flexibility index (Phi) is 5.44. The van der Waals surface area contributed by atoms with E-state index in [1.54, 1.807) is 30.7 Å². The predicted molar refractivity (Wildman–Crippen MR) is 113 cm³/mol. The molecule has 0 fully saturated rings. The fraction of sp³-hybridized carbons (Fsp3) is 0.348. The Balaban J connectivity index is 1.65. The van der Waals surface area contributed by atoms with Crippen molar-refractivity contribution in [2.75, 3.05) is 6.61 Å². The number of ether oxygens (including phenoxy) is 1. The van der Waals surface area contributed by atoms with Gasteiger partial charge in [-0.3, -0.25) is 9.78 Å². The van der Waals surface area contributed by atoms with E-state index in [0.717, 1.165) is 29.7 Å². The Labute approximate surface area is 176 Å². The molecular weight excluding hydrogens is 378 g/mol. The zero-order valence-electron chi connectivity index (χ0n) is 17.4. The Bertz CT molecular complexity index is 1050. The fourth-order valence-electron chi connectivity index (χ4n) is 3.87. The first-order chi connectivity index (χ1) is 14.5. The summed E-state index contributed by atoms with van der Waals surface area (Å²) in [4.78, 5) is 30.7. The van der Waals surface area contributed by atoms with Gasteiger partial charge in [0.2, 0.25) is 5.88 Å². The van der Waals surface area contributed by atoms with Gasteiger partial charge in [0.05, 0.1) is 18.3 Å². The first-order valence-electron chi connectivity index (χ1n) is 10.1. The van der Waals surface area contributed by atoms with Crippen molar-refractivity contribution >= 4 is 5.91 Å². The first kappa shape index (κ1) is 19.9.